The van der Waals surface area contributed by atoms with Gasteiger partial charge in [-0.2, -0.15) is 0 Å². The Kier molecular flexibility index (Phi) is 2.69. The summed E-state index contributed by atoms with van der Waals surface area (Å²) in [7, 11) is 0. The molecule has 0 aliphatic carbocycles. The lowest BCUT2D eigenvalue weighted by Gasteiger charge is -2.08. The van der Waals surface area contributed by atoms with Crippen LogP contribution in [-0.2, 0) is 0 Å². The molecule has 1 aliphatic heterocycles. The van der Waals surface area contributed by atoms with Crippen molar-refractivity contribution in [2.75, 3.05) is 6.54 Å². The summed E-state index contributed by atoms with van der Waals surface area (Å²) >= 11 is 0. The van der Waals surface area contributed by atoms with Crippen molar-refractivity contribution in [3.8, 4) is 11.1 Å². The van der Waals surface area contributed by atoms with E-state index in [1.165, 1.54) is 17.5 Å². The second-order valence-corrected chi connectivity index (χ2v) is 4.62. The fourth-order valence-corrected chi connectivity index (χ4v) is 2.44. The Bertz CT molecular complexity index is 512. The van der Waals surface area contributed by atoms with E-state index >= 15 is 0 Å². The molecule has 0 spiro atoms. The maximum atomic E-state index is 5.43. The number of nitrogens with one attached hydrogen (secondary N) is 1. The summed E-state index contributed by atoms with van der Waals surface area (Å²) in [5, 5.41) is 7.41. The molecule has 2 heterocycles. The molecule has 1 aliphatic rings. The van der Waals surface area contributed by atoms with Crippen LogP contribution in [0, 0.1) is 6.92 Å². The number of aromatic nitrogens is 1. The molecule has 3 heteroatoms. The first kappa shape index (κ1) is 10.5. The van der Waals surface area contributed by atoms with E-state index in [1.54, 1.807) is 0 Å². The van der Waals surface area contributed by atoms with Gasteiger partial charge in [-0.15, -0.1) is 0 Å². The minimum Gasteiger partial charge on any atom is -0.359 e. The van der Waals surface area contributed by atoms with Crippen LogP contribution in [0.5, 0.6) is 0 Å². The Morgan fingerprint density at radius 1 is 1.41 bits per heavy atom. The number of benzene rings is 1. The average Bonchev–Trinajstić information content (AvgIpc) is 3.00. The normalized spacial score (nSPS) is 19.7. The van der Waals surface area contributed by atoms with Gasteiger partial charge >= 0.3 is 0 Å². The zero-order valence-corrected chi connectivity index (χ0v) is 9.94. The minimum atomic E-state index is 0.327. The van der Waals surface area contributed by atoms with Gasteiger partial charge in [0.05, 0.1) is 12.2 Å². The quantitative estimate of drug-likeness (QED) is 0.858. The van der Waals surface area contributed by atoms with Crippen LogP contribution in [0.3, 0.4) is 0 Å². The molecule has 1 unspecified atom stereocenters. The Balaban J connectivity index is 2.00. The highest BCUT2D eigenvalue weighted by Gasteiger charge is 2.23. The largest absolute Gasteiger partial charge is 0.359 e. The smallest absolute Gasteiger partial charge is 0.161 e. The van der Waals surface area contributed by atoms with Gasteiger partial charge in [-0.3, -0.25) is 0 Å². The minimum absolute atomic E-state index is 0.327. The summed E-state index contributed by atoms with van der Waals surface area (Å²) in [5.41, 5.74) is 3.57. The van der Waals surface area contributed by atoms with Gasteiger partial charge in [-0.25, -0.2) is 0 Å². The van der Waals surface area contributed by atoms with E-state index in [0.717, 1.165) is 24.3 Å². The van der Waals surface area contributed by atoms with Crippen molar-refractivity contribution in [2.24, 2.45) is 0 Å². The molecule has 2 aromatic rings. The number of aryl methyl sites for hydroxylation is 1. The first-order valence-corrected chi connectivity index (χ1v) is 6.09. The number of rotatable bonds is 2. The molecule has 3 nitrogen and oxygen atoms in total. The molecular weight excluding hydrogens is 212 g/mol. The van der Waals surface area contributed by atoms with Gasteiger partial charge in [0, 0.05) is 5.56 Å². The molecule has 0 saturated carbocycles. The van der Waals surface area contributed by atoms with Crippen LogP contribution < -0.4 is 5.32 Å². The number of hydrogen-bond acceptors (Lipinski definition) is 3. The van der Waals surface area contributed by atoms with Gasteiger partial charge in [-0.05, 0) is 31.9 Å². The zero-order chi connectivity index (χ0) is 11.7. The molecule has 0 bridgehead atoms. The lowest BCUT2D eigenvalue weighted by molar-refractivity contribution is 0.352. The van der Waals surface area contributed by atoms with Crippen molar-refractivity contribution >= 4 is 0 Å². The molecule has 88 valence electrons. The molecule has 0 amide bonds. The van der Waals surface area contributed by atoms with E-state index in [2.05, 4.69) is 41.7 Å². The van der Waals surface area contributed by atoms with Crippen molar-refractivity contribution in [1.29, 1.82) is 0 Å². The molecular formula is C14H16N2O. The van der Waals surface area contributed by atoms with Crippen molar-refractivity contribution in [3.05, 3.63) is 41.8 Å². The Morgan fingerprint density at radius 3 is 3.12 bits per heavy atom. The third-order valence-corrected chi connectivity index (χ3v) is 3.30. The van der Waals surface area contributed by atoms with E-state index in [9.17, 15) is 0 Å². The van der Waals surface area contributed by atoms with Crippen molar-refractivity contribution in [2.45, 2.75) is 25.8 Å². The molecule has 1 fully saturated rings. The predicted octanol–water partition coefficient (Wildman–Crippen LogP) is 3.07. The van der Waals surface area contributed by atoms with Gasteiger partial charge in [0.1, 0.15) is 0 Å². The van der Waals surface area contributed by atoms with Crippen LogP contribution in [0.15, 0.2) is 35.0 Å². The van der Waals surface area contributed by atoms with Crippen LogP contribution in [0.25, 0.3) is 11.1 Å². The summed E-state index contributed by atoms with van der Waals surface area (Å²) in [6.45, 7) is 3.17. The molecule has 0 radical (unpaired) electrons. The maximum Gasteiger partial charge on any atom is 0.161 e. The third kappa shape index (κ3) is 1.98. The van der Waals surface area contributed by atoms with Gasteiger partial charge in [0.25, 0.3) is 0 Å². The molecule has 1 saturated heterocycles. The highest BCUT2D eigenvalue weighted by molar-refractivity contribution is 5.65. The fraction of sp³-hybridized carbons (Fsp3) is 0.357. The summed E-state index contributed by atoms with van der Waals surface area (Å²) in [5.74, 6) is 0.980. The summed E-state index contributed by atoms with van der Waals surface area (Å²) in [6, 6.07) is 8.78. The number of nitrogens with zero attached hydrogens (tertiary/aromatic N) is 1. The SMILES string of the molecule is Cc1cccc(-c2cnoc2C2CCCN2)c1. The number of hydrogen-bond donors (Lipinski definition) is 1. The third-order valence-electron chi connectivity index (χ3n) is 3.30. The molecule has 3 rings (SSSR count). The summed E-state index contributed by atoms with van der Waals surface area (Å²) < 4.78 is 5.43. The van der Waals surface area contributed by atoms with E-state index in [1.807, 2.05) is 6.20 Å². The van der Waals surface area contributed by atoms with E-state index in [-0.39, 0.29) is 0 Å². The van der Waals surface area contributed by atoms with Crippen LogP contribution in [0.2, 0.25) is 0 Å². The average molecular weight is 228 g/mol. The first-order valence-electron chi connectivity index (χ1n) is 6.09. The van der Waals surface area contributed by atoms with Crippen molar-refractivity contribution in [3.63, 3.8) is 0 Å². The highest BCUT2D eigenvalue weighted by Crippen LogP contribution is 2.32. The van der Waals surface area contributed by atoms with E-state index in [0.29, 0.717) is 6.04 Å². The highest BCUT2D eigenvalue weighted by atomic mass is 16.5. The Hall–Kier alpha value is -1.61. The van der Waals surface area contributed by atoms with Gasteiger partial charge in [0.2, 0.25) is 0 Å². The summed E-state index contributed by atoms with van der Waals surface area (Å²) in [4.78, 5) is 0. The molecule has 1 atom stereocenters. The Morgan fingerprint density at radius 2 is 2.35 bits per heavy atom. The summed E-state index contributed by atoms with van der Waals surface area (Å²) in [6.07, 6.45) is 4.16. The topological polar surface area (TPSA) is 38.1 Å². The standard InChI is InChI=1S/C14H16N2O/c1-10-4-2-5-11(8-10)12-9-16-17-14(12)13-6-3-7-15-13/h2,4-5,8-9,13,15H,3,6-7H2,1H3. The second kappa shape index (κ2) is 4.34. The van der Waals surface area contributed by atoms with Crippen LogP contribution in [0.1, 0.15) is 30.2 Å². The van der Waals surface area contributed by atoms with Crippen LogP contribution in [0.4, 0.5) is 0 Å². The van der Waals surface area contributed by atoms with Gasteiger partial charge in [0.15, 0.2) is 5.76 Å². The zero-order valence-electron chi connectivity index (χ0n) is 9.94. The molecule has 1 N–H and O–H groups in total. The molecule has 1 aromatic carbocycles. The fourth-order valence-electron chi connectivity index (χ4n) is 2.44. The van der Waals surface area contributed by atoms with E-state index < -0.39 is 0 Å². The lowest BCUT2D eigenvalue weighted by atomic mass is 10.0. The Labute approximate surface area is 101 Å². The molecule has 17 heavy (non-hydrogen) atoms. The molecule has 1 aromatic heterocycles. The second-order valence-electron chi connectivity index (χ2n) is 4.62. The maximum absolute atomic E-state index is 5.43. The predicted molar refractivity (Wildman–Crippen MR) is 66.7 cm³/mol. The lowest BCUT2D eigenvalue weighted by Crippen LogP contribution is -2.12. The van der Waals surface area contributed by atoms with Gasteiger partial charge in [-0.1, -0.05) is 35.0 Å². The first-order chi connectivity index (χ1) is 8.34. The monoisotopic (exact) mass is 228 g/mol. The van der Waals surface area contributed by atoms with Gasteiger partial charge < -0.3 is 9.84 Å². The van der Waals surface area contributed by atoms with Crippen LogP contribution >= 0.6 is 0 Å². The van der Waals surface area contributed by atoms with Crippen molar-refractivity contribution < 1.29 is 4.52 Å². The van der Waals surface area contributed by atoms with E-state index in [4.69, 9.17) is 4.52 Å². The van der Waals surface area contributed by atoms with Crippen LogP contribution in [-0.4, -0.2) is 11.7 Å². The van der Waals surface area contributed by atoms with Crippen molar-refractivity contribution in [1.82, 2.24) is 10.5 Å².